The Morgan fingerprint density at radius 3 is 2.37 bits per heavy atom. The third-order valence-corrected chi connectivity index (χ3v) is 8.86. The van der Waals surface area contributed by atoms with E-state index in [9.17, 15) is 23.6 Å². The minimum Gasteiger partial charge on any atom is -0.489 e. The first kappa shape index (κ1) is 28.9. The highest BCUT2D eigenvalue weighted by Gasteiger charge is 2.44. The van der Waals surface area contributed by atoms with Crippen molar-refractivity contribution >= 4 is 23.9 Å². The minimum absolute atomic E-state index is 0.179. The summed E-state index contributed by atoms with van der Waals surface area (Å²) in [7, 11) is 0. The normalized spacial score (nSPS) is 21.3. The molecule has 0 radical (unpaired) electrons. The molecular formula is C34H34FN3O5. The average Bonchev–Trinajstić information content (AvgIpc) is 3.41. The summed E-state index contributed by atoms with van der Waals surface area (Å²) in [4.78, 5) is 52.9. The Balaban J connectivity index is 1.08. The van der Waals surface area contributed by atoms with E-state index in [2.05, 4.69) is 22.3 Å². The number of fused-ring (bicyclic) bond motifs is 1. The summed E-state index contributed by atoms with van der Waals surface area (Å²) in [6, 6.07) is 19.0. The number of ketones is 1. The van der Waals surface area contributed by atoms with Crippen LogP contribution < -0.4 is 10.1 Å². The van der Waals surface area contributed by atoms with E-state index in [-0.39, 0.29) is 31.2 Å². The molecule has 3 aromatic rings. The summed E-state index contributed by atoms with van der Waals surface area (Å²) in [5, 5.41) is 2.35. The number of halogens is 1. The van der Waals surface area contributed by atoms with Gasteiger partial charge in [0.15, 0.2) is 6.29 Å². The van der Waals surface area contributed by atoms with Gasteiger partial charge in [-0.05, 0) is 78.7 Å². The van der Waals surface area contributed by atoms with E-state index in [4.69, 9.17) is 4.74 Å². The van der Waals surface area contributed by atoms with E-state index >= 15 is 0 Å². The molecule has 0 aromatic heterocycles. The molecule has 2 fully saturated rings. The zero-order chi connectivity index (χ0) is 29.9. The highest BCUT2D eigenvalue weighted by Crippen LogP contribution is 2.42. The van der Waals surface area contributed by atoms with Crippen LogP contribution in [0.4, 0.5) is 4.39 Å². The quantitative estimate of drug-likeness (QED) is 0.229. The molecule has 2 saturated heterocycles. The van der Waals surface area contributed by atoms with Crippen molar-refractivity contribution in [3.63, 3.8) is 0 Å². The Morgan fingerprint density at radius 1 is 0.953 bits per heavy atom. The van der Waals surface area contributed by atoms with Gasteiger partial charge in [-0.2, -0.15) is 0 Å². The fourth-order valence-electron chi connectivity index (χ4n) is 6.60. The summed E-state index contributed by atoms with van der Waals surface area (Å²) in [5.74, 6) is -0.666. The number of piperidine rings is 2. The zero-order valence-electron chi connectivity index (χ0n) is 23.8. The summed E-state index contributed by atoms with van der Waals surface area (Å²) >= 11 is 0. The number of rotatable bonds is 9. The number of imide groups is 1. The lowest BCUT2D eigenvalue weighted by Gasteiger charge is -2.33. The zero-order valence-corrected chi connectivity index (χ0v) is 23.8. The van der Waals surface area contributed by atoms with Crippen molar-refractivity contribution in [2.45, 2.75) is 63.4 Å². The Hall–Kier alpha value is -4.21. The van der Waals surface area contributed by atoms with Crippen LogP contribution in [-0.2, 0) is 38.9 Å². The fraction of sp³-hybridized carbons (Fsp3) is 0.353. The van der Waals surface area contributed by atoms with Gasteiger partial charge in [-0.3, -0.25) is 34.3 Å². The summed E-state index contributed by atoms with van der Waals surface area (Å²) in [5.41, 5.74) is 4.81. The molecule has 3 heterocycles. The van der Waals surface area contributed by atoms with Gasteiger partial charge in [0.25, 0.3) is 0 Å². The van der Waals surface area contributed by atoms with E-state index in [1.807, 2.05) is 36.4 Å². The molecular weight excluding hydrogens is 549 g/mol. The Kier molecular flexibility index (Phi) is 8.44. The number of hydrogen-bond acceptors (Lipinski definition) is 7. The molecule has 1 N–H and O–H groups in total. The van der Waals surface area contributed by atoms with E-state index in [1.165, 1.54) is 23.3 Å². The highest BCUT2D eigenvalue weighted by atomic mass is 19.1. The largest absolute Gasteiger partial charge is 0.489 e. The Bertz CT molecular complexity index is 1520. The molecule has 2 atom stereocenters. The van der Waals surface area contributed by atoms with Crippen molar-refractivity contribution in [1.29, 1.82) is 0 Å². The number of nitrogens with one attached hydrogen (secondary N) is 1. The second-order valence-corrected chi connectivity index (χ2v) is 11.6. The van der Waals surface area contributed by atoms with Crippen LogP contribution in [-0.4, -0.2) is 52.8 Å². The van der Waals surface area contributed by atoms with E-state index in [0.717, 1.165) is 43.6 Å². The highest BCUT2D eigenvalue weighted by molar-refractivity contribution is 6.28. The van der Waals surface area contributed by atoms with Gasteiger partial charge in [0, 0.05) is 25.1 Å². The molecule has 0 spiro atoms. The van der Waals surface area contributed by atoms with E-state index in [1.54, 1.807) is 11.0 Å². The van der Waals surface area contributed by atoms with Gasteiger partial charge in [0.2, 0.25) is 17.6 Å². The van der Waals surface area contributed by atoms with Crippen LogP contribution in [0, 0.1) is 5.82 Å². The van der Waals surface area contributed by atoms with Gasteiger partial charge < -0.3 is 4.74 Å². The van der Waals surface area contributed by atoms with Gasteiger partial charge >= 0.3 is 0 Å². The van der Waals surface area contributed by atoms with Crippen molar-refractivity contribution in [3.05, 3.63) is 100 Å². The molecule has 43 heavy (non-hydrogen) atoms. The van der Waals surface area contributed by atoms with Gasteiger partial charge in [-0.15, -0.1) is 0 Å². The number of hydrogen-bond donors (Lipinski definition) is 1. The molecule has 0 aliphatic carbocycles. The van der Waals surface area contributed by atoms with Crippen molar-refractivity contribution in [2.24, 2.45) is 0 Å². The topological polar surface area (TPSA) is 96.0 Å². The minimum atomic E-state index is -0.942. The Morgan fingerprint density at radius 2 is 1.67 bits per heavy atom. The molecule has 6 rings (SSSR count). The van der Waals surface area contributed by atoms with Crippen LogP contribution in [0.2, 0.25) is 0 Å². The molecule has 8 nitrogen and oxygen atoms in total. The van der Waals surface area contributed by atoms with Crippen LogP contribution in [0.5, 0.6) is 5.75 Å². The monoisotopic (exact) mass is 583 g/mol. The van der Waals surface area contributed by atoms with Crippen molar-refractivity contribution in [1.82, 2.24) is 15.1 Å². The lowest BCUT2D eigenvalue weighted by Crippen LogP contribution is -2.52. The summed E-state index contributed by atoms with van der Waals surface area (Å²) in [6.07, 6.45) is 2.86. The van der Waals surface area contributed by atoms with Crippen LogP contribution in [0.1, 0.15) is 65.5 Å². The standard InChI is InChI=1S/C34H34FN3O5/c35-27-10-8-24(9-11-27)25-14-16-37(17-15-25)18-22-4-6-23(7-5-22)21-43-30-3-1-2-26-19-38(33(32(26)30)29(40)20-39)28-12-13-31(41)36-34(28)42/h1-11,20,25,28,33H,12-19,21H2,(H,36,41,42). The molecule has 3 aliphatic heterocycles. The van der Waals surface area contributed by atoms with E-state index < -0.39 is 23.8 Å². The predicted molar refractivity (Wildman–Crippen MR) is 156 cm³/mol. The maximum absolute atomic E-state index is 13.3. The van der Waals surface area contributed by atoms with Crippen LogP contribution in [0.3, 0.4) is 0 Å². The maximum atomic E-state index is 13.3. The molecule has 3 aliphatic rings. The second kappa shape index (κ2) is 12.6. The molecule has 2 amide bonds. The number of likely N-dealkylation sites (tertiary alicyclic amines) is 1. The molecule has 0 saturated carbocycles. The molecule has 0 bridgehead atoms. The lowest BCUT2D eigenvalue weighted by atomic mass is 9.89. The third kappa shape index (κ3) is 6.28. The van der Waals surface area contributed by atoms with Gasteiger partial charge in [-0.25, -0.2) is 4.39 Å². The number of carbonyl (C=O) groups is 4. The number of carbonyl (C=O) groups excluding carboxylic acids is 4. The number of amides is 2. The summed E-state index contributed by atoms with van der Waals surface area (Å²) in [6.45, 7) is 3.42. The number of aldehydes is 1. The van der Waals surface area contributed by atoms with Gasteiger partial charge in [0.1, 0.15) is 24.2 Å². The Labute approximate surface area is 249 Å². The molecule has 9 heteroatoms. The van der Waals surface area contributed by atoms with Crippen molar-refractivity contribution in [2.75, 3.05) is 13.1 Å². The number of ether oxygens (including phenoxy) is 1. The second-order valence-electron chi connectivity index (χ2n) is 11.6. The van der Waals surface area contributed by atoms with Crippen LogP contribution >= 0.6 is 0 Å². The average molecular weight is 584 g/mol. The molecule has 3 aromatic carbocycles. The van der Waals surface area contributed by atoms with Gasteiger partial charge in [0.05, 0.1) is 6.04 Å². The first-order chi connectivity index (χ1) is 20.9. The van der Waals surface area contributed by atoms with Crippen molar-refractivity contribution < 1.29 is 28.3 Å². The fourth-order valence-corrected chi connectivity index (χ4v) is 6.60. The number of Topliss-reactive ketones (excluding diaryl/α,β-unsaturated/α-hetero) is 1. The third-order valence-electron chi connectivity index (χ3n) is 8.86. The lowest BCUT2D eigenvalue weighted by molar-refractivity contribution is -0.141. The van der Waals surface area contributed by atoms with E-state index in [0.29, 0.717) is 30.1 Å². The molecule has 2 unspecified atom stereocenters. The SMILES string of the molecule is O=CC(=O)C1c2c(cccc2OCc2ccc(CN3CCC(c4ccc(F)cc4)CC3)cc2)CN1C1CCC(=O)NC1=O. The first-order valence-corrected chi connectivity index (χ1v) is 14.8. The van der Waals surface area contributed by atoms with Crippen LogP contribution in [0.15, 0.2) is 66.7 Å². The first-order valence-electron chi connectivity index (χ1n) is 14.8. The maximum Gasteiger partial charge on any atom is 0.243 e. The molecule has 222 valence electrons. The number of nitrogens with zero attached hydrogens (tertiary/aromatic N) is 2. The number of benzene rings is 3. The smallest absolute Gasteiger partial charge is 0.243 e. The van der Waals surface area contributed by atoms with Crippen molar-refractivity contribution in [3.8, 4) is 5.75 Å². The van der Waals surface area contributed by atoms with Crippen LogP contribution in [0.25, 0.3) is 0 Å². The van der Waals surface area contributed by atoms with Gasteiger partial charge in [-0.1, -0.05) is 48.5 Å². The predicted octanol–water partition coefficient (Wildman–Crippen LogP) is 4.21. The summed E-state index contributed by atoms with van der Waals surface area (Å²) < 4.78 is 19.5.